The average molecular weight is 389 g/mol. The quantitative estimate of drug-likeness (QED) is 0.744. The number of allylic oxidation sites excluding steroid dienone is 5. The number of pyridine rings is 1. The number of hydrogen-bond donors (Lipinski definition) is 1. The minimum absolute atomic E-state index is 0.268. The first-order chi connectivity index (χ1) is 14.0. The first kappa shape index (κ1) is 20.3. The molecule has 2 aromatic rings. The highest BCUT2D eigenvalue weighted by Crippen LogP contribution is 2.30. The number of aromatic nitrogens is 1. The van der Waals surface area contributed by atoms with Crippen LogP contribution in [-0.2, 0) is 4.74 Å². The van der Waals surface area contributed by atoms with Gasteiger partial charge in [-0.1, -0.05) is 18.7 Å². The predicted molar refractivity (Wildman–Crippen MR) is 117 cm³/mol. The van der Waals surface area contributed by atoms with E-state index in [1.165, 1.54) is 12.1 Å². The van der Waals surface area contributed by atoms with Crippen LogP contribution in [0, 0.1) is 5.82 Å². The van der Waals surface area contributed by atoms with E-state index in [2.05, 4.69) is 16.9 Å². The second-order valence-corrected chi connectivity index (χ2v) is 6.54. The first-order valence-corrected chi connectivity index (χ1v) is 9.40. The molecule has 0 saturated carbocycles. The highest BCUT2D eigenvalue weighted by Gasteiger charge is 2.22. The fraction of sp³-hybridized carbons (Fsp3) is 0.167. The second-order valence-electron chi connectivity index (χ2n) is 6.54. The van der Waals surface area contributed by atoms with Gasteiger partial charge in [0.2, 0.25) is 0 Å². The van der Waals surface area contributed by atoms with Crippen molar-refractivity contribution in [3.63, 3.8) is 0 Å². The predicted octanol–water partition coefficient (Wildman–Crippen LogP) is 5.14. The van der Waals surface area contributed by atoms with Crippen LogP contribution >= 0.6 is 0 Å². The largest absolute Gasteiger partial charge is 0.494 e. The van der Waals surface area contributed by atoms with Crippen molar-refractivity contribution in [3.8, 4) is 0 Å². The Balaban J connectivity index is 2.11. The number of nitrogens with zero attached hydrogens (tertiary/aromatic N) is 2. The highest BCUT2D eigenvalue weighted by atomic mass is 19.1. The normalized spacial score (nSPS) is 16.8. The molecule has 5 heteroatoms. The van der Waals surface area contributed by atoms with Gasteiger partial charge >= 0.3 is 0 Å². The summed E-state index contributed by atoms with van der Waals surface area (Å²) in [5.74, 6) is 0.347. The fourth-order valence-electron chi connectivity index (χ4n) is 3.07. The van der Waals surface area contributed by atoms with Crippen LogP contribution in [0.4, 0.5) is 4.39 Å². The smallest absolute Gasteiger partial charge is 0.145 e. The molecule has 0 unspecified atom stereocenters. The van der Waals surface area contributed by atoms with Crippen molar-refractivity contribution in [2.24, 2.45) is 4.99 Å². The van der Waals surface area contributed by atoms with Gasteiger partial charge in [0.25, 0.3) is 0 Å². The monoisotopic (exact) mass is 389 g/mol. The second kappa shape index (κ2) is 9.15. The Kier molecular flexibility index (Phi) is 6.39. The van der Waals surface area contributed by atoms with Gasteiger partial charge < -0.3 is 10.1 Å². The number of rotatable bonds is 6. The molecule has 0 aliphatic heterocycles. The zero-order valence-electron chi connectivity index (χ0n) is 16.9. The number of benzene rings is 1. The molecule has 3 rings (SSSR count). The van der Waals surface area contributed by atoms with Crippen LogP contribution in [0.15, 0.2) is 89.5 Å². The van der Waals surface area contributed by atoms with E-state index in [0.29, 0.717) is 17.2 Å². The van der Waals surface area contributed by atoms with Gasteiger partial charge in [-0.15, -0.1) is 0 Å². The number of nitrogens with one attached hydrogen (secondary N) is 1. The number of hydrogen-bond acceptors (Lipinski definition) is 4. The molecule has 29 heavy (non-hydrogen) atoms. The minimum atomic E-state index is -0.268. The van der Waals surface area contributed by atoms with Gasteiger partial charge in [-0.25, -0.2) is 9.38 Å². The van der Waals surface area contributed by atoms with E-state index in [1.807, 2.05) is 38.1 Å². The van der Waals surface area contributed by atoms with E-state index in [9.17, 15) is 4.39 Å². The summed E-state index contributed by atoms with van der Waals surface area (Å²) in [5, 5.41) is 3.35. The average Bonchev–Trinajstić information content (AvgIpc) is 2.75. The topological polar surface area (TPSA) is 46.5 Å². The summed E-state index contributed by atoms with van der Waals surface area (Å²) >= 11 is 0. The molecule has 1 N–H and O–H groups in total. The third-order valence-corrected chi connectivity index (χ3v) is 4.56. The van der Waals surface area contributed by atoms with Crippen LogP contribution in [0.2, 0.25) is 0 Å². The SMILES string of the molecule is C=C(/N=C1/C(OC)=CC(c2ccc(F)cc2)=C/C1=C(/C)NCC)c1cccnc1. The summed E-state index contributed by atoms with van der Waals surface area (Å²) in [6.07, 6.45) is 7.38. The van der Waals surface area contributed by atoms with Crippen molar-refractivity contribution < 1.29 is 9.13 Å². The van der Waals surface area contributed by atoms with Gasteiger partial charge in [0.15, 0.2) is 0 Å². The van der Waals surface area contributed by atoms with E-state index < -0.39 is 0 Å². The van der Waals surface area contributed by atoms with E-state index >= 15 is 0 Å². The van der Waals surface area contributed by atoms with Crippen molar-refractivity contribution in [2.45, 2.75) is 13.8 Å². The zero-order valence-corrected chi connectivity index (χ0v) is 16.9. The Morgan fingerprint density at radius 1 is 1.21 bits per heavy atom. The Morgan fingerprint density at radius 2 is 1.97 bits per heavy atom. The molecule has 1 aliphatic carbocycles. The molecule has 0 atom stereocenters. The maximum absolute atomic E-state index is 13.4. The van der Waals surface area contributed by atoms with Gasteiger partial charge in [-0.2, -0.15) is 0 Å². The van der Waals surface area contributed by atoms with Crippen LogP contribution in [0.1, 0.15) is 25.0 Å². The minimum Gasteiger partial charge on any atom is -0.494 e. The van der Waals surface area contributed by atoms with Crippen LogP contribution in [0.5, 0.6) is 0 Å². The molecule has 0 radical (unpaired) electrons. The van der Waals surface area contributed by atoms with Gasteiger partial charge in [-0.05, 0) is 61.4 Å². The van der Waals surface area contributed by atoms with Crippen LogP contribution in [0.25, 0.3) is 11.3 Å². The number of ether oxygens (including phenoxy) is 1. The number of methoxy groups -OCH3 is 1. The molecule has 0 fully saturated rings. The van der Waals surface area contributed by atoms with Crippen LogP contribution in [0.3, 0.4) is 0 Å². The first-order valence-electron chi connectivity index (χ1n) is 9.40. The molecule has 0 bridgehead atoms. The molecule has 1 aromatic carbocycles. The summed E-state index contributed by atoms with van der Waals surface area (Å²) < 4.78 is 19.0. The molecule has 1 aliphatic rings. The Morgan fingerprint density at radius 3 is 2.59 bits per heavy atom. The van der Waals surface area contributed by atoms with Gasteiger partial charge in [0, 0.05) is 35.8 Å². The molecule has 0 spiro atoms. The zero-order chi connectivity index (χ0) is 20.8. The summed E-state index contributed by atoms with van der Waals surface area (Å²) in [7, 11) is 1.61. The molecular formula is C24H24FN3O. The molecule has 0 amide bonds. The lowest BCUT2D eigenvalue weighted by Gasteiger charge is -2.21. The fourth-order valence-corrected chi connectivity index (χ4v) is 3.07. The maximum Gasteiger partial charge on any atom is 0.145 e. The Labute approximate surface area is 170 Å². The molecule has 4 nitrogen and oxygen atoms in total. The lowest BCUT2D eigenvalue weighted by atomic mass is 9.92. The molecular weight excluding hydrogens is 365 g/mol. The lowest BCUT2D eigenvalue weighted by Crippen LogP contribution is -2.19. The maximum atomic E-state index is 13.4. The third kappa shape index (κ3) is 4.69. The summed E-state index contributed by atoms with van der Waals surface area (Å²) in [5.41, 5.74) is 5.79. The van der Waals surface area contributed by atoms with Crippen LogP contribution in [-0.4, -0.2) is 24.4 Å². The van der Waals surface area contributed by atoms with Gasteiger partial charge in [-0.3, -0.25) is 4.98 Å². The van der Waals surface area contributed by atoms with Crippen molar-refractivity contribution in [2.75, 3.05) is 13.7 Å². The lowest BCUT2D eigenvalue weighted by molar-refractivity contribution is 0.315. The summed E-state index contributed by atoms with van der Waals surface area (Å²) in [4.78, 5) is 8.91. The van der Waals surface area contributed by atoms with Crippen molar-refractivity contribution >= 4 is 17.0 Å². The molecule has 1 aromatic heterocycles. The van der Waals surface area contributed by atoms with Crippen molar-refractivity contribution in [1.29, 1.82) is 0 Å². The Hall–Kier alpha value is -3.47. The van der Waals surface area contributed by atoms with Crippen LogP contribution < -0.4 is 5.32 Å². The van der Waals surface area contributed by atoms with Gasteiger partial charge in [0.1, 0.15) is 17.3 Å². The molecule has 0 saturated heterocycles. The molecule has 148 valence electrons. The third-order valence-electron chi connectivity index (χ3n) is 4.56. The summed E-state index contributed by atoms with van der Waals surface area (Å²) in [6.45, 7) is 8.91. The highest BCUT2D eigenvalue weighted by molar-refractivity contribution is 6.19. The van der Waals surface area contributed by atoms with Gasteiger partial charge in [0.05, 0.1) is 12.8 Å². The number of aliphatic imine (C=N–C) groups is 1. The summed E-state index contributed by atoms with van der Waals surface area (Å²) in [6, 6.07) is 10.2. The van der Waals surface area contributed by atoms with Crippen molar-refractivity contribution in [1.82, 2.24) is 10.3 Å². The van der Waals surface area contributed by atoms with E-state index in [0.717, 1.165) is 34.5 Å². The van der Waals surface area contributed by atoms with E-state index in [1.54, 1.807) is 31.6 Å². The Bertz CT molecular complexity index is 1020. The molecule has 1 heterocycles. The van der Waals surface area contributed by atoms with E-state index in [4.69, 9.17) is 9.73 Å². The standard InChI is InChI=1S/C24H24FN3O/c1-5-27-17(3)22-13-20(18-8-10-21(25)11-9-18)14-23(29-4)24(22)28-16(2)19-7-6-12-26-15-19/h6-15,27H,2,5H2,1,3-4H3/b22-17+,28-24+. The number of halogens is 1. The van der Waals surface area contributed by atoms with E-state index in [-0.39, 0.29) is 5.82 Å². The van der Waals surface area contributed by atoms with Crippen molar-refractivity contribution in [3.05, 3.63) is 101 Å².